The van der Waals surface area contributed by atoms with Gasteiger partial charge in [-0.05, 0) is 52.9 Å². The van der Waals surface area contributed by atoms with Crippen molar-refractivity contribution in [3.8, 4) is 28.3 Å². The van der Waals surface area contributed by atoms with Crippen LogP contribution in [-0.2, 0) is 0 Å². The molecule has 0 aliphatic rings. The molecule has 0 aliphatic heterocycles. The SMILES string of the molecule is COc1cc(-c2ccc(C(C)C)cc2)ccc1-c1nc2cc(C(=O)NO)ccc2o1. The number of methoxy groups -OCH3 is 1. The lowest BCUT2D eigenvalue weighted by Crippen LogP contribution is -2.18. The van der Waals surface area contributed by atoms with Crippen LogP contribution in [0.15, 0.2) is 65.1 Å². The Kier molecular flexibility index (Phi) is 5.25. The Bertz CT molecular complexity index is 1210. The molecule has 0 radical (unpaired) electrons. The molecule has 1 heterocycles. The number of nitrogens with zero attached hydrogens (tertiary/aromatic N) is 1. The van der Waals surface area contributed by atoms with Crippen molar-refractivity contribution in [2.24, 2.45) is 0 Å². The first-order chi connectivity index (χ1) is 14.5. The van der Waals surface area contributed by atoms with E-state index in [1.54, 1.807) is 30.8 Å². The second kappa shape index (κ2) is 8.00. The van der Waals surface area contributed by atoms with Crippen molar-refractivity contribution in [2.45, 2.75) is 19.8 Å². The van der Waals surface area contributed by atoms with Gasteiger partial charge in [0.1, 0.15) is 11.3 Å². The standard InChI is InChI=1S/C24H22N2O4/c1-14(2)15-4-6-16(7-5-15)17-8-10-19(22(13-17)29-3)24-25-20-12-18(23(27)26-28)9-11-21(20)30-24/h4-14,28H,1-3H3,(H,26,27). The summed E-state index contributed by atoms with van der Waals surface area (Å²) in [5, 5.41) is 8.81. The van der Waals surface area contributed by atoms with E-state index in [0.29, 0.717) is 34.2 Å². The molecule has 0 fully saturated rings. The normalized spacial score (nSPS) is 11.1. The Balaban J connectivity index is 1.71. The van der Waals surface area contributed by atoms with Crippen molar-refractivity contribution in [1.29, 1.82) is 0 Å². The number of aromatic nitrogens is 1. The van der Waals surface area contributed by atoms with Crippen molar-refractivity contribution in [2.75, 3.05) is 7.11 Å². The van der Waals surface area contributed by atoms with Gasteiger partial charge in [-0.3, -0.25) is 10.0 Å². The van der Waals surface area contributed by atoms with Crippen molar-refractivity contribution in [3.05, 3.63) is 71.8 Å². The zero-order chi connectivity index (χ0) is 21.3. The predicted molar refractivity (Wildman–Crippen MR) is 115 cm³/mol. The number of carbonyl (C=O) groups excluding carboxylic acids is 1. The lowest BCUT2D eigenvalue weighted by atomic mass is 9.98. The van der Waals surface area contributed by atoms with Crippen molar-refractivity contribution < 1.29 is 19.2 Å². The van der Waals surface area contributed by atoms with E-state index in [4.69, 9.17) is 14.4 Å². The number of hydroxylamine groups is 1. The average Bonchev–Trinajstić information content (AvgIpc) is 3.21. The first kappa shape index (κ1) is 19.7. The number of benzene rings is 3. The van der Waals surface area contributed by atoms with E-state index in [1.165, 1.54) is 5.56 Å². The van der Waals surface area contributed by atoms with Crippen LogP contribution < -0.4 is 10.2 Å². The van der Waals surface area contributed by atoms with Gasteiger partial charge in [0, 0.05) is 5.56 Å². The fourth-order valence-electron chi connectivity index (χ4n) is 3.36. The van der Waals surface area contributed by atoms with Gasteiger partial charge < -0.3 is 9.15 Å². The minimum atomic E-state index is -0.605. The van der Waals surface area contributed by atoms with Crippen molar-refractivity contribution in [3.63, 3.8) is 0 Å². The lowest BCUT2D eigenvalue weighted by molar-refractivity contribution is 0.0706. The molecule has 4 rings (SSSR count). The van der Waals surface area contributed by atoms with Crippen molar-refractivity contribution in [1.82, 2.24) is 10.5 Å². The van der Waals surface area contributed by atoms with E-state index in [0.717, 1.165) is 11.1 Å². The molecule has 0 aliphatic carbocycles. The Morgan fingerprint density at radius 2 is 1.77 bits per heavy atom. The van der Waals surface area contributed by atoms with E-state index in [-0.39, 0.29) is 5.56 Å². The summed E-state index contributed by atoms with van der Waals surface area (Å²) in [5.74, 6) is 0.913. The van der Waals surface area contributed by atoms with Crippen LogP contribution in [0, 0.1) is 0 Å². The number of amides is 1. The van der Waals surface area contributed by atoms with Crippen LogP contribution in [0.5, 0.6) is 5.75 Å². The second-order valence-electron chi connectivity index (χ2n) is 7.33. The van der Waals surface area contributed by atoms with E-state index < -0.39 is 5.91 Å². The first-order valence-electron chi connectivity index (χ1n) is 9.64. The molecule has 6 heteroatoms. The van der Waals surface area contributed by atoms with Gasteiger partial charge in [-0.1, -0.05) is 44.2 Å². The van der Waals surface area contributed by atoms with E-state index >= 15 is 0 Å². The number of oxazole rings is 1. The molecule has 2 N–H and O–H groups in total. The van der Waals surface area contributed by atoms with Gasteiger partial charge in [0.2, 0.25) is 5.89 Å². The number of hydrogen-bond acceptors (Lipinski definition) is 5. The molecular weight excluding hydrogens is 380 g/mol. The van der Waals surface area contributed by atoms with Gasteiger partial charge in [-0.25, -0.2) is 10.5 Å². The molecule has 30 heavy (non-hydrogen) atoms. The van der Waals surface area contributed by atoms with Gasteiger partial charge in [0.05, 0.1) is 12.7 Å². The molecule has 0 saturated heterocycles. The summed E-state index contributed by atoms with van der Waals surface area (Å²) in [5.41, 5.74) is 7.09. The van der Waals surface area contributed by atoms with Crippen molar-refractivity contribution >= 4 is 17.0 Å². The fourth-order valence-corrected chi connectivity index (χ4v) is 3.36. The Labute approximate surface area is 174 Å². The monoisotopic (exact) mass is 402 g/mol. The number of ether oxygens (including phenoxy) is 1. The number of nitrogens with one attached hydrogen (secondary N) is 1. The summed E-state index contributed by atoms with van der Waals surface area (Å²) in [6.45, 7) is 4.35. The smallest absolute Gasteiger partial charge is 0.274 e. The summed E-state index contributed by atoms with van der Waals surface area (Å²) in [4.78, 5) is 16.1. The zero-order valence-electron chi connectivity index (χ0n) is 17.0. The van der Waals surface area contributed by atoms with Crippen LogP contribution >= 0.6 is 0 Å². The summed E-state index contributed by atoms with van der Waals surface area (Å²) >= 11 is 0. The maximum absolute atomic E-state index is 11.6. The van der Waals surface area contributed by atoms with E-state index in [1.807, 2.05) is 18.2 Å². The second-order valence-corrected chi connectivity index (χ2v) is 7.33. The third-order valence-electron chi connectivity index (χ3n) is 5.09. The molecule has 1 aromatic heterocycles. The number of carbonyl (C=O) groups is 1. The first-order valence-corrected chi connectivity index (χ1v) is 9.64. The van der Waals surface area contributed by atoms with Crippen LogP contribution in [0.3, 0.4) is 0 Å². The third kappa shape index (κ3) is 3.65. The Morgan fingerprint density at radius 3 is 2.43 bits per heavy atom. The molecule has 1 amide bonds. The van der Waals surface area contributed by atoms with Crippen LogP contribution in [0.2, 0.25) is 0 Å². The van der Waals surface area contributed by atoms with Gasteiger partial charge in [-0.15, -0.1) is 0 Å². The highest BCUT2D eigenvalue weighted by Crippen LogP contribution is 2.35. The maximum Gasteiger partial charge on any atom is 0.274 e. The molecule has 0 spiro atoms. The summed E-state index contributed by atoms with van der Waals surface area (Å²) < 4.78 is 11.5. The minimum Gasteiger partial charge on any atom is -0.496 e. The van der Waals surface area contributed by atoms with E-state index in [2.05, 4.69) is 43.1 Å². The predicted octanol–water partition coefficient (Wildman–Crippen LogP) is 5.41. The van der Waals surface area contributed by atoms with Gasteiger partial charge >= 0.3 is 0 Å². The van der Waals surface area contributed by atoms with Crippen LogP contribution in [0.4, 0.5) is 0 Å². The quantitative estimate of drug-likeness (QED) is 0.344. The van der Waals surface area contributed by atoms with Gasteiger partial charge in [-0.2, -0.15) is 0 Å². The average molecular weight is 402 g/mol. The van der Waals surface area contributed by atoms with E-state index in [9.17, 15) is 4.79 Å². The lowest BCUT2D eigenvalue weighted by Gasteiger charge is -2.10. The molecular formula is C24H22N2O4. The molecule has 3 aromatic carbocycles. The van der Waals surface area contributed by atoms with Gasteiger partial charge in [0.15, 0.2) is 5.58 Å². The summed E-state index contributed by atoms with van der Waals surface area (Å²) in [6, 6.07) is 19.1. The van der Waals surface area contributed by atoms with Crippen LogP contribution in [0.25, 0.3) is 33.7 Å². The summed E-state index contributed by atoms with van der Waals surface area (Å²) in [7, 11) is 1.61. The molecule has 0 saturated carbocycles. The number of rotatable bonds is 5. The topological polar surface area (TPSA) is 84.6 Å². The van der Waals surface area contributed by atoms with Gasteiger partial charge in [0.25, 0.3) is 5.91 Å². The van der Waals surface area contributed by atoms with Crippen LogP contribution in [-0.4, -0.2) is 23.2 Å². The largest absolute Gasteiger partial charge is 0.496 e. The zero-order valence-corrected chi connectivity index (χ0v) is 17.0. The third-order valence-corrected chi connectivity index (χ3v) is 5.09. The molecule has 152 valence electrons. The highest BCUT2D eigenvalue weighted by Gasteiger charge is 2.16. The number of fused-ring (bicyclic) bond motifs is 1. The molecule has 0 unspecified atom stereocenters. The minimum absolute atomic E-state index is 0.289. The Morgan fingerprint density at radius 1 is 1.03 bits per heavy atom. The Hall–Kier alpha value is -3.64. The molecule has 0 bridgehead atoms. The fraction of sp³-hybridized carbons (Fsp3) is 0.167. The number of hydrogen-bond donors (Lipinski definition) is 2. The molecule has 4 aromatic rings. The highest BCUT2D eigenvalue weighted by molar-refractivity contribution is 5.96. The maximum atomic E-state index is 11.6. The highest BCUT2D eigenvalue weighted by atomic mass is 16.5. The molecule has 6 nitrogen and oxygen atoms in total. The molecule has 0 atom stereocenters. The van der Waals surface area contributed by atoms with Crippen LogP contribution in [0.1, 0.15) is 35.7 Å². The summed E-state index contributed by atoms with van der Waals surface area (Å²) in [6.07, 6.45) is 0.